The van der Waals surface area contributed by atoms with Gasteiger partial charge in [-0.25, -0.2) is 0 Å². The van der Waals surface area contributed by atoms with E-state index in [1.165, 1.54) is 104 Å². The summed E-state index contributed by atoms with van der Waals surface area (Å²) in [4.78, 5) is 2.61. The van der Waals surface area contributed by atoms with Crippen molar-refractivity contribution in [2.45, 2.75) is 52.4 Å². The van der Waals surface area contributed by atoms with Gasteiger partial charge in [0.15, 0.2) is 8.07 Å². The molecule has 346 valence electrons. The van der Waals surface area contributed by atoms with Crippen LogP contribution >= 0.6 is 0 Å². The molecule has 2 aliphatic rings. The molecule has 72 heavy (non-hydrogen) atoms. The topological polar surface area (TPSA) is 8.17 Å². The van der Waals surface area contributed by atoms with Gasteiger partial charge in [-0.1, -0.05) is 229 Å². The Bertz CT molecular complexity index is 3820. The lowest BCUT2D eigenvalue weighted by molar-refractivity contribution is 0.590. The predicted molar refractivity (Wildman–Crippen MR) is 312 cm³/mol. The molecule has 0 saturated heterocycles. The van der Waals surface area contributed by atoms with Crippen molar-refractivity contribution < 1.29 is 0 Å². The molecule has 4 heteroatoms. The Morgan fingerprint density at radius 2 is 0.903 bits per heavy atom. The number of para-hydroxylation sites is 1. The Hall–Kier alpha value is -7.92. The molecule has 0 saturated carbocycles. The van der Waals surface area contributed by atoms with Crippen LogP contribution in [0.5, 0.6) is 0 Å². The van der Waals surface area contributed by atoms with E-state index in [1.807, 2.05) is 0 Å². The van der Waals surface area contributed by atoms with E-state index in [1.54, 1.807) is 0 Å². The van der Waals surface area contributed by atoms with Gasteiger partial charge in [-0.3, -0.25) is 0 Å². The molecule has 0 bridgehead atoms. The van der Waals surface area contributed by atoms with Gasteiger partial charge in [-0.05, 0) is 130 Å². The van der Waals surface area contributed by atoms with Crippen LogP contribution in [-0.4, -0.2) is 19.4 Å². The van der Waals surface area contributed by atoms with Gasteiger partial charge in [-0.2, -0.15) is 0 Å². The molecule has 10 aromatic carbocycles. The van der Waals surface area contributed by atoms with E-state index in [2.05, 4.69) is 288 Å². The molecule has 0 fully saturated rings. The maximum atomic E-state index is 2.62. The van der Waals surface area contributed by atoms with Gasteiger partial charge in [0.1, 0.15) is 0 Å². The van der Waals surface area contributed by atoms with Gasteiger partial charge in [-0.15, -0.1) is 0 Å². The van der Waals surface area contributed by atoms with Crippen molar-refractivity contribution in [1.29, 1.82) is 0 Å². The standard InChI is InChI=1S/C68H57BN2Si/c1-67(2,3)50-33-30-47(31-34-50)49-43-63-66-65(44-49)72(54-22-12-8-13-23-54,55-24-14-9-15-25-55)64-29-19-17-27-58(64)69(66)59-45-53(39-41-62(59)70(63)52-37-35-51(36-38-52)68(4,5)6)71-60-28-18-16-26-56(60)57-42-48(32-40-61(57)71)46-20-10-7-11-21-46/h7-45H,1-6H3. The van der Waals surface area contributed by atoms with E-state index < -0.39 is 8.07 Å². The molecule has 3 heterocycles. The zero-order valence-electron chi connectivity index (χ0n) is 42.0. The Labute approximate surface area is 426 Å². The lowest BCUT2D eigenvalue weighted by atomic mass is 9.34. The monoisotopic (exact) mass is 940 g/mol. The van der Waals surface area contributed by atoms with E-state index in [9.17, 15) is 0 Å². The Balaban J connectivity index is 1.14. The van der Waals surface area contributed by atoms with Gasteiger partial charge < -0.3 is 9.47 Å². The van der Waals surface area contributed by atoms with E-state index in [0.29, 0.717) is 0 Å². The summed E-state index contributed by atoms with van der Waals surface area (Å²) in [7, 11) is -3.03. The van der Waals surface area contributed by atoms with Crippen molar-refractivity contribution >= 4 is 90.8 Å². The highest BCUT2D eigenvalue weighted by Gasteiger charge is 2.53. The molecule has 0 amide bonds. The molecule has 0 unspecified atom stereocenters. The number of benzene rings is 10. The predicted octanol–water partition coefficient (Wildman–Crippen LogP) is 12.7. The Morgan fingerprint density at radius 1 is 0.361 bits per heavy atom. The van der Waals surface area contributed by atoms with Crippen molar-refractivity contribution in [3.8, 4) is 27.9 Å². The van der Waals surface area contributed by atoms with Crippen LogP contribution < -0.4 is 42.0 Å². The molecule has 1 aromatic heterocycles. The second-order valence-electron chi connectivity index (χ2n) is 22.1. The second-order valence-corrected chi connectivity index (χ2v) is 25.8. The largest absolute Gasteiger partial charge is 0.312 e. The molecule has 0 aliphatic carbocycles. The number of anilines is 3. The molecule has 2 aliphatic heterocycles. The van der Waals surface area contributed by atoms with E-state index in [-0.39, 0.29) is 17.5 Å². The zero-order valence-corrected chi connectivity index (χ0v) is 43.0. The van der Waals surface area contributed by atoms with Gasteiger partial charge in [0.25, 0.3) is 0 Å². The minimum absolute atomic E-state index is 0.0150. The lowest BCUT2D eigenvalue weighted by Gasteiger charge is -2.47. The maximum Gasteiger partial charge on any atom is 0.246 e. The van der Waals surface area contributed by atoms with Crippen LogP contribution in [0.1, 0.15) is 52.7 Å². The minimum Gasteiger partial charge on any atom is -0.312 e. The van der Waals surface area contributed by atoms with Crippen molar-refractivity contribution in [3.63, 3.8) is 0 Å². The summed E-state index contributed by atoms with van der Waals surface area (Å²) in [5.41, 5.74) is 18.9. The number of fused-ring (bicyclic) bond motifs is 7. The van der Waals surface area contributed by atoms with Crippen LogP contribution in [0.15, 0.2) is 237 Å². The quantitative estimate of drug-likeness (QED) is 0.151. The summed E-state index contributed by atoms with van der Waals surface area (Å²) in [5, 5.41) is 8.20. The molecule has 13 rings (SSSR count). The van der Waals surface area contributed by atoms with E-state index in [0.717, 1.165) is 11.4 Å². The van der Waals surface area contributed by atoms with Gasteiger partial charge >= 0.3 is 0 Å². The maximum absolute atomic E-state index is 3.03. The molecule has 0 N–H and O–H groups in total. The molecular weight excluding hydrogens is 884 g/mol. The Kier molecular flexibility index (Phi) is 10.1. The fraction of sp³-hybridized carbons (Fsp3) is 0.118. The van der Waals surface area contributed by atoms with Crippen LogP contribution in [0.3, 0.4) is 0 Å². The first-order valence-corrected chi connectivity index (χ1v) is 27.6. The third-order valence-electron chi connectivity index (χ3n) is 15.9. The third-order valence-corrected chi connectivity index (χ3v) is 20.7. The first-order chi connectivity index (χ1) is 35.0. The number of rotatable bonds is 6. The highest BCUT2D eigenvalue weighted by Crippen LogP contribution is 2.42. The summed E-state index contributed by atoms with van der Waals surface area (Å²) >= 11 is 0. The van der Waals surface area contributed by atoms with Crippen LogP contribution in [0, 0.1) is 0 Å². The average molecular weight is 941 g/mol. The van der Waals surface area contributed by atoms with Gasteiger partial charge in [0, 0.05) is 33.5 Å². The average Bonchev–Trinajstić information content (AvgIpc) is 3.74. The molecular formula is C68H57BN2Si. The normalized spacial score (nSPS) is 13.8. The van der Waals surface area contributed by atoms with Crippen molar-refractivity contribution in [1.82, 2.24) is 4.57 Å². The molecule has 2 nitrogen and oxygen atoms in total. The SMILES string of the molecule is CC(C)(C)c1ccc(-c2cc3c4c(c2)[Si](c2ccccc2)(c2ccccc2)c2ccccc2B4c2cc(-n4c5ccccc5c5cc(-c6ccccc6)ccc54)ccc2N3c2ccc(C(C)(C)C)cc2)cc1. The smallest absolute Gasteiger partial charge is 0.246 e. The lowest BCUT2D eigenvalue weighted by Crippen LogP contribution is -2.87. The fourth-order valence-corrected chi connectivity index (χ4v) is 17.6. The Morgan fingerprint density at radius 3 is 1.57 bits per heavy atom. The number of aromatic nitrogens is 1. The second kappa shape index (κ2) is 16.6. The molecule has 0 spiro atoms. The molecule has 11 aromatic rings. The highest BCUT2D eigenvalue weighted by molar-refractivity contribution is 7.26. The van der Waals surface area contributed by atoms with Crippen LogP contribution in [0.2, 0.25) is 0 Å². The minimum atomic E-state index is -3.03. The fourth-order valence-electron chi connectivity index (χ4n) is 12.3. The number of hydrogen-bond donors (Lipinski definition) is 0. The summed E-state index contributed by atoms with van der Waals surface area (Å²) in [6, 6.07) is 90.5. The van der Waals surface area contributed by atoms with Crippen molar-refractivity contribution in [2.24, 2.45) is 0 Å². The number of hydrogen-bond acceptors (Lipinski definition) is 1. The highest BCUT2D eigenvalue weighted by atomic mass is 28.3. The van der Waals surface area contributed by atoms with Crippen LogP contribution in [0.4, 0.5) is 17.1 Å². The van der Waals surface area contributed by atoms with E-state index >= 15 is 0 Å². The van der Waals surface area contributed by atoms with Crippen molar-refractivity contribution in [3.05, 3.63) is 248 Å². The first kappa shape index (κ1) is 44.1. The molecule has 0 radical (unpaired) electrons. The van der Waals surface area contributed by atoms with Gasteiger partial charge in [0.05, 0.1) is 11.0 Å². The van der Waals surface area contributed by atoms with Crippen LogP contribution in [-0.2, 0) is 10.8 Å². The molecule has 0 atom stereocenters. The summed E-state index contributed by atoms with van der Waals surface area (Å²) in [5.74, 6) is 0. The zero-order chi connectivity index (χ0) is 48.9. The van der Waals surface area contributed by atoms with Crippen molar-refractivity contribution in [2.75, 3.05) is 4.90 Å². The number of nitrogens with zero attached hydrogens (tertiary/aromatic N) is 2. The summed E-state index contributed by atoms with van der Waals surface area (Å²) in [6.07, 6.45) is 0. The van der Waals surface area contributed by atoms with Gasteiger partial charge in [0.2, 0.25) is 6.71 Å². The summed E-state index contributed by atoms with van der Waals surface area (Å²) in [6.45, 7) is 13.8. The first-order valence-electron chi connectivity index (χ1n) is 25.6. The third kappa shape index (κ3) is 6.84. The van der Waals surface area contributed by atoms with E-state index in [4.69, 9.17) is 0 Å². The summed E-state index contributed by atoms with van der Waals surface area (Å²) < 4.78 is 2.50. The van der Waals surface area contributed by atoms with Crippen LogP contribution in [0.25, 0.3) is 49.7 Å².